The minimum atomic E-state index is -4.11. The molecule has 8 nitrogen and oxygen atoms in total. The molecule has 0 amide bonds. The molecule has 0 aliphatic heterocycles. The number of sulfonamides is 1. The van der Waals surface area contributed by atoms with Crippen LogP contribution >= 0.6 is 11.3 Å². The van der Waals surface area contributed by atoms with Gasteiger partial charge in [-0.25, -0.2) is 12.8 Å². The molecule has 0 fully saturated rings. The fraction of sp³-hybridized carbons (Fsp3) is 0.0455. The van der Waals surface area contributed by atoms with Crippen molar-refractivity contribution >= 4 is 32.7 Å². The Kier molecular flexibility index (Phi) is 5.27. The summed E-state index contributed by atoms with van der Waals surface area (Å²) in [6, 6.07) is 17.7. The number of nitrogens with one attached hydrogen (secondary N) is 1. The Hall–Kier alpha value is -3.83. The number of ether oxygens (including phenoxy) is 1. The average molecular weight is 482 g/mol. The van der Waals surface area contributed by atoms with Crippen molar-refractivity contribution in [2.75, 3.05) is 11.8 Å². The lowest BCUT2D eigenvalue weighted by atomic mass is 10.1. The van der Waals surface area contributed by atoms with Gasteiger partial charge in [0.05, 0.1) is 17.7 Å². The summed E-state index contributed by atoms with van der Waals surface area (Å²) in [5, 5.41) is 15.0. The standard InChI is InChI=1S/C22H16FN5O3S2/c1-31-16-8-10-20(17(23)13-16)33(29,30)27-15-6-4-14(5-7-15)18-9-11-21-24-25-22(28(21)26-18)19-3-2-12-32-19/h2-13,27H,1H3. The van der Waals surface area contributed by atoms with Crippen molar-refractivity contribution in [3.8, 4) is 27.7 Å². The first kappa shape index (κ1) is 21.0. The first-order chi connectivity index (χ1) is 15.9. The van der Waals surface area contributed by atoms with Crippen LogP contribution in [0, 0.1) is 5.82 Å². The molecule has 0 radical (unpaired) electrons. The number of thiophene rings is 1. The summed E-state index contributed by atoms with van der Waals surface area (Å²) >= 11 is 1.54. The highest BCUT2D eigenvalue weighted by Gasteiger charge is 2.20. The molecule has 33 heavy (non-hydrogen) atoms. The lowest BCUT2D eigenvalue weighted by Gasteiger charge is -2.10. The van der Waals surface area contributed by atoms with E-state index in [0.717, 1.165) is 22.6 Å². The third-order valence-electron chi connectivity index (χ3n) is 4.87. The number of hydrogen-bond acceptors (Lipinski definition) is 7. The van der Waals surface area contributed by atoms with E-state index in [4.69, 9.17) is 4.74 Å². The second-order valence-electron chi connectivity index (χ2n) is 6.97. The summed E-state index contributed by atoms with van der Waals surface area (Å²) in [6.07, 6.45) is 0. The molecule has 3 aromatic heterocycles. The Morgan fingerprint density at radius 2 is 1.85 bits per heavy atom. The smallest absolute Gasteiger partial charge is 0.264 e. The van der Waals surface area contributed by atoms with Gasteiger partial charge in [-0.15, -0.1) is 21.5 Å². The zero-order valence-electron chi connectivity index (χ0n) is 17.1. The molecular weight excluding hydrogens is 465 g/mol. The molecule has 5 rings (SSSR count). The van der Waals surface area contributed by atoms with E-state index < -0.39 is 20.7 Å². The lowest BCUT2D eigenvalue weighted by molar-refractivity contribution is 0.410. The van der Waals surface area contributed by atoms with Crippen LogP contribution in [-0.4, -0.2) is 35.3 Å². The van der Waals surface area contributed by atoms with Gasteiger partial charge in [0.25, 0.3) is 10.0 Å². The van der Waals surface area contributed by atoms with Gasteiger partial charge in [0.2, 0.25) is 0 Å². The van der Waals surface area contributed by atoms with Crippen LogP contribution in [0.25, 0.3) is 27.6 Å². The summed E-state index contributed by atoms with van der Waals surface area (Å²) in [5.74, 6) is -0.0187. The molecule has 0 saturated heterocycles. The van der Waals surface area contributed by atoms with E-state index in [1.165, 1.54) is 13.2 Å². The van der Waals surface area contributed by atoms with Gasteiger partial charge in [-0.3, -0.25) is 4.72 Å². The fourth-order valence-corrected chi connectivity index (χ4v) is 5.06. The topological polar surface area (TPSA) is 98.5 Å². The van der Waals surface area contributed by atoms with E-state index in [9.17, 15) is 12.8 Å². The highest BCUT2D eigenvalue weighted by atomic mass is 32.2. The molecule has 2 aromatic carbocycles. The number of nitrogens with zero attached hydrogens (tertiary/aromatic N) is 4. The molecular formula is C22H16FN5O3S2. The van der Waals surface area contributed by atoms with E-state index in [1.807, 2.05) is 29.6 Å². The molecule has 0 bridgehead atoms. The van der Waals surface area contributed by atoms with E-state index in [0.29, 0.717) is 22.9 Å². The van der Waals surface area contributed by atoms with Crippen molar-refractivity contribution in [3.63, 3.8) is 0 Å². The first-order valence-corrected chi connectivity index (χ1v) is 12.0. The Morgan fingerprint density at radius 1 is 1.03 bits per heavy atom. The van der Waals surface area contributed by atoms with Crippen LogP contribution in [0.1, 0.15) is 0 Å². The van der Waals surface area contributed by atoms with Gasteiger partial charge in [0.1, 0.15) is 16.5 Å². The lowest BCUT2D eigenvalue weighted by Crippen LogP contribution is -2.14. The molecule has 0 aliphatic rings. The molecule has 0 saturated carbocycles. The molecule has 0 aliphatic carbocycles. The van der Waals surface area contributed by atoms with Gasteiger partial charge in [-0.1, -0.05) is 18.2 Å². The average Bonchev–Trinajstić information content (AvgIpc) is 3.48. The molecule has 1 N–H and O–H groups in total. The molecule has 0 unspecified atom stereocenters. The number of rotatable bonds is 6. The van der Waals surface area contributed by atoms with Crippen LogP contribution in [0.2, 0.25) is 0 Å². The molecule has 5 aromatic rings. The van der Waals surface area contributed by atoms with Crippen LogP contribution in [0.4, 0.5) is 10.1 Å². The summed E-state index contributed by atoms with van der Waals surface area (Å²) in [6.45, 7) is 0. The van der Waals surface area contributed by atoms with Gasteiger partial charge >= 0.3 is 0 Å². The summed E-state index contributed by atoms with van der Waals surface area (Å²) in [5.41, 5.74) is 2.34. The Morgan fingerprint density at radius 3 is 2.55 bits per heavy atom. The molecule has 0 atom stereocenters. The minimum Gasteiger partial charge on any atom is -0.497 e. The number of aromatic nitrogens is 4. The van der Waals surface area contributed by atoms with E-state index in [2.05, 4.69) is 20.0 Å². The summed E-state index contributed by atoms with van der Waals surface area (Å²) < 4.78 is 48.5. The maximum absolute atomic E-state index is 14.2. The van der Waals surface area contributed by atoms with Gasteiger partial charge in [-0.2, -0.15) is 9.61 Å². The van der Waals surface area contributed by atoms with Crippen LogP contribution in [-0.2, 0) is 10.0 Å². The summed E-state index contributed by atoms with van der Waals surface area (Å²) in [7, 11) is -2.74. The predicted molar refractivity (Wildman–Crippen MR) is 123 cm³/mol. The Labute approximate surface area is 192 Å². The zero-order valence-corrected chi connectivity index (χ0v) is 18.8. The Bertz CT molecular complexity index is 1550. The maximum Gasteiger partial charge on any atom is 0.264 e. The number of halogens is 1. The summed E-state index contributed by atoms with van der Waals surface area (Å²) in [4.78, 5) is 0.482. The fourth-order valence-electron chi connectivity index (χ4n) is 3.25. The van der Waals surface area contributed by atoms with Crippen molar-refractivity contribution in [3.05, 3.63) is 77.9 Å². The van der Waals surface area contributed by atoms with Crippen LogP contribution < -0.4 is 9.46 Å². The van der Waals surface area contributed by atoms with E-state index in [1.54, 1.807) is 40.1 Å². The van der Waals surface area contributed by atoms with Crippen LogP contribution in [0.15, 0.2) is 77.0 Å². The van der Waals surface area contributed by atoms with Crippen LogP contribution in [0.5, 0.6) is 5.75 Å². The predicted octanol–water partition coefficient (Wildman–Crippen LogP) is 4.47. The largest absolute Gasteiger partial charge is 0.497 e. The normalized spacial score (nSPS) is 11.6. The van der Waals surface area contributed by atoms with Crippen molar-refractivity contribution < 1.29 is 17.5 Å². The van der Waals surface area contributed by atoms with Gasteiger partial charge < -0.3 is 4.74 Å². The van der Waals surface area contributed by atoms with E-state index in [-0.39, 0.29) is 5.75 Å². The highest BCUT2D eigenvalue weighted by Crippen LogP contribution is 2.26. The minimum absolute atomic E-state index is 0.232. The highest BCUT2D eigenvalue weighted by molar-refractivity contribution is 7.92. The third kappa shape index (κ3) is 4.03. The zero-order chi connectivity index (χ0) is 23.0. The Balaban J connectivity index is 1.42. The van der Waals surface area contributed by atoms with Crippen molar-refractivity contribution in [2.45, 2.75) is 4.90 Å². The second-order valence-corrected chi connectivity index (χ2v) is 9.57. The number of anilines is 1. The van der Waals surface area contributed by atoms with Crippen molar-refractivity contribution in [1.29, 1.82) is 0 Å². The van der Waals surface area contributed by atoms with Crippen molar-refractivity contribution in [1.82, 2.24) is 19.8 Å². The first-order valence-electron chi connectivity index (χ1n) is 9.68. The molecule has 0 spiro atoms. The molecule has 11 heteroatoms. The van der Waals surface area contributed by atoms with Gasteiger partial charge in [0.15, 0.2) is 11.5 Å². The maximum atomic E-state index is 14.2. The van der Waals surface area contributed by atoms with E-state index >= 15 is 0 Å². The van der Waals surface area contributed by atoms with Crippen molar-refractivity contribution in [2.24, 2.45) is 0 Å². The quantitative estimate of drug-likeness (QED) is 0.384. The number of benzene rings is 2. The number of methoxy groups -OCH3 is 1. The second kappa shape index (κ2) is 8.26. The SMILES string of the molecule is COc1ccc(S(=O)(=O)Nc2ccc(-c3ccc4nnc(-c5cccs5)n4n3)cc2)c(F)c1. The van der Waals surface area contributed by atoms with Crippen LogP contribution in [0.3, 0.4) is 0 Å². The van der Waals surface area contributed by atoms with Gasteiger partial charge in [0, 0.05) is 17.3 Å². The molecule has 3 heterocycles. The molecule has 166 valence electrons. The van der Waals surface area contributed by atoms with Gasteiger partial charge in [-0.05, 0) is 47.8 Å². The third-order valence-corrected chi connectivity index (χ3v) is 7.15. The number of fused-ring (bicyclic) bond motifs is 1. The number of hydrogen-bond donors (Lipinski definition) is 1. The monoisotopic (exact) mass is 481 g/mol.